The van der Waals surface area contributed by atoms with Crippen molar-refractivity contribution >= 4 is 0 Å². The van der Waals surface area contributed by atoms with Crippen LogP contribution in [0.2, 0.25) is 0 Å². The summed E-state index contributed by atoms with van der Waals surface area (Å²) >= 11 is 0. The third-order valence-electron chi connectivity index (χ3n) is 2.21. The van der Waals surface area contributed by atoms with Crippen molar-refractivity contribution < 1.29 is 18.3 Å². The summed E-state index contributed by atoms with van der Waals surface area (Å²) in [5.74, 6) is 0.311. The Kier molecular flexibility index (Phi) is 4.35. The average Bonchev–Trinajstić information content (AvgIpc) is 2.62. The van der Waals surface area contributed by atoms with Crippen LogP contribution < -0.4 is 0 Å². The molecule has 1 N–H and O–H groups in total. The Morgan fingerprint density at radius 3 is 2.75 bits per heavy atom. The number of aliphatic hydroxyl groups is 1. The van der Waals surface area contributed by atoms with Gasteiger partial charge in [0, 0.05) is 25.4 Å². The van der Waals surface area contributed by atoms with Crippen LogP contribution >= 0.6 is 0 Å². The van der Waals surface area contributed by atoms with E-state index in [1.165, 1.54) is 6.20 Å². The van der Waals surface area contributed by atoms with Gasteiger partial charge in [-0.1, -0.05) is 6.92 Å². The van der Waals surface area contributed by atoms with E-state index in [0.29, 0.717) is 12.4 Å². The Morgan fingerprint density at radius 2 is 2.19 bits per heavy atom. The van der Waals surface area contributed by atoms with Gasteiger partial charge in [0.25, 0.3) is 0 Å². The van der Waals surface area contributed by atoms with Gasteiger partial charge in [0.1, 0.15) is 11.9 Å². The van der Waals surface area contributed by atoms with E-state index < -0.39 is 18.7 Å². The Hall–Kier alpha value is -1.04. The maximum absolute atomic E-state index is 12.0. The molecular formula is C10H15F3N2O. The Labute approximate surface area is 91.9 Å². The first-order valence-electron chi connectivity index (χ1n) is 5.20. The lowest BCUT2D eigenvalue weighted by atomic mass is 10.2. The van der Waals surface area contributed by atoms with Crippen molar-refractivity contribution in [3.05, 3.63) is 18.2 Å². The van der Waals surface area contributed by atoms with Gasteiger partial charge in [-0.25, -0.2) is 4.98 Å². The molecule has 0 aliphatic carbocycles. The monoisotopic (exact) mass is 236 g/mol. The summed E-state index contributed by atoms with van der Waals surface area (Å²) in [6, 6.07) is 0. The predicted molar refractivity (Wildman–Crippen MR) is 52.8 cm³/mol. The maximum Gasteiger partial charge on any atom is 0.389 e. The van der Waals surface area contributed by atoms with Crippen LogP contribution in [0.25, 0.3) is 0 Å². The van der Waals surface area contributed by atoms with Crippen LogP contribution in [0.3, 0.4) is 0 Å². The minimum absolute atomic E-state index is 0.311. The quantitative estimate of drug-likeness (QED) is 0.853. The van der Waals surface area contributed by atoms with Crippen molar-refractivity contribution in [2.75, 3.05) is 0 Å². The number of hydrogen-bond donors (Lipinski definition) is 1. The zero-order chi connectivity index (χ0) is 12.2. The van der Waals surface area contributed by atoms with Gasteiger partial charge in [-0.05, 0) is 12.8 Å². The number of nitrogens with zero attached hydrogens (tertiary/aromatic N) is 2. The Bertz CT molecular complexity index is 322. The molecule has 0 fully saturated rings. The molecule has 92 valence electrons. The van der Waals surface area contributed by atoms with Gasteiger partial charge in [0.2, 0.25) is 0 Å². The zero-order valence-corrected chi connectivity index (χ0v) is 9.04. The molecule has 3 nitrogen and oxygen atoms in total. The van der Waals surface area contributed by atoms with E-state index >= 15 is 0 Å². The van der Waals surface area contributed by atoms with E-state index in [2.05, 4.69) is 4.98 Å². The lowest BCUT2D eigenvalue weighted by Gasteiger charge is -2.13. The maximum atomic E-state index is 12.0. The molecule has 1 aromatic heterocycles. The van der Waals surface area contributed by atoms with Gasteiger partial charge in [-0.15, -0.1) is 0 Å². The smallest absolute Gasteiger partial charge is 0.385 e. The van der Waals surface area contributed by atoms with Crippen molar-refractivity contribution in [3.8, 4) is 0 Å². The van der Waals surface area contributed by atoms with Crippen LogP contribution in [-0.2, 0) is 6.54 Å². The number of aryl methyl sites for hydroxylation is 1. The summed E-state index contributed by atoms with van der Waals surface area (Å²) in [5, 5.41) is 9.60. The number of hydrogen-bond acceptors (Lipinski definition) is 2. The van der Waals surface area contributed by atoms with E-state index in [1.807, 2.05) is 6.92 Å². The standard InChI is InChI=1S/C10H15F3N2O/c1-2-6-15-7-5-14-9(15)8(16)3-4-10(11,12)13/h5,7-8,16H,2-4,6H2,1H3. The second kappa shape index (κ2) is 5.34. The number of halogens is 3. The Morgan fingerprint density at radius 1 is 1.50 bits per heavy atom. The molecule has 0 aromatic carbocycles. The molecule has 0 saturated carbocycles. The van der Waals surface area contributed by atoms with Crippen molar-refractivity contribution in [2.45, 2.75) is 45.0 Å². The lowest BCUT2D eigenvalue weighted by molar-refractivity contribution is -0.140. The molecule has 1 aromatic rings. The van der Waals surface area contributed by atoms with Gasteiger partial charge >= 0.3 is 6.18 Å². The van der Waals surface area contributed by atoms with Gasteiger partial charge < -0.3 is 9.67 Å². The van der Waals surface area contributed by atoms with Crippen molar-refractivity contribution in [1.82, 2.24) is 9.55 Å². The summed E-state index contributed by atoms with van der Waals surface area (Å²) < 4.78 is 37.6. The van der Waals surface area contributed by atoms with Gasteiger partial charge in [-0.3, -0.25) is 0 Å². The summed E-state index contributed by atoms with van der Waals surface area (Å²) in [7, 11) is 0. The third-order valence-corrected chi connectivity index (χ3v) is 2.21. The molecular weight excluding hydrogens is 221 g/mol. The fourth-order valence-electron chi connectivity index (χ4n) is 1.48. The van der Waals surface area contributed by atoms with Crippen molar-refractivity contribution in [2.24, 2.45) is 0 Å². The normalized spacial score (nSPS) is 14.1. The highest BCUT2D eigenvalue weighted by Crippen LogP contribution is 2.26. The second-order valence-corrected chi connectivity index (χ2v) is 3.65. The minimum Gasteiger partial charge on any atom is -0.385 e. The van der Waals surface area contributed by atoms with Crippen LogP contribution in [0.1, 0.15) is 38.1 Å². The first kappa shape index (κ1) is 13.0. The fraction of sp³-hybridized carbons (Fsp3) is 0.700. The molecule has 0 radical (unpaired) electrons. The molecule has 1 atom stereocenters. The largest absolute Gasteiger partial charge is 0.389 e. The molecule has 0 amide bonds. The highest BCUT2D eigenvalue weighted by atomic mass is 19.4. The van der Waals surface area contributed by atoms with E-state index in [-0.39, 0.29) is 6.42 Å². The minimum atomic E-state index is -4.23. The topological polar surface area (TPSA) is 38.0 Å². The zero-order valence-electron chi connectivity index (χ0n) is 9.04. The highest BCUT2D eigenvalue weighted by molar-refractivity contribution is 4.96. The molecule has 0 aliphatic heterocycles. The van der Waals surface area contributed by atoms with Crippen molar-refractivity contribution in [1.29, 1.82) is 0 Å². The predicted octanol–water partition coefficient (Wildman–Crippen LogP) is 2.67. The molecule has 16 heavy (non-hydrogen) atoms. The highest BCUT2D eigenvalue weighted by Gasteiger charge is 2.29. The van der Waals surface area contributed by atoms with E-state index in [4.69, 9.17) is 0 Å². The summed E-state index contributed by atoms with van der Waals surface area (Å²) in [4.78, 5) is 3.88. The Balaban J connectivity index is 2.58. The lowest BCUT2D eigenvalue weighted by Crippen LogP contribution is -2.13. The molecule has 1 heterocycles. The van der Waals surface area contributed by atoms with Crippen LogP contribution in [0.5, 0.6) is 0 Å². The molecule has 6 heteroatoms. The SMILES string of the molecule is CCCn1ccnc1C(O)CCC(F)(F)F. The number of aromatic nitrogens is 2. The molecule has 1 unspecified atom stereocenters. The van der Waals surface area contributed by atoms with Gasteiger partial charge in [-0.2, -0.15) is 13.2 Å². The molecule has 1 rings (SSSR count). The molecule has 0 spiro atoms. The van der Waals surface area contributed by atoms with Gasteiger partial charge in [0.05, 0.1) is 0 Å². The molecule has 0 aliphatic rings. The number of imidazole rings is 1. The third kappa shape index (κ3) is 3.84. The number of rotatable bonds is 5. The van der Waals surface area contributed by atoms with Crippen LogP contribution in [-0.4, -0.2) is 20.8 Å². The van der Waals surface area contributed by atoms with E-state index in [9.17, 15) is 18.3 Å². The van der Waals surface area contributed by atoms with E-state index in [0.717, 1.165) is 6.42 Å². The van der Waals surface area contributed by atoms with Crippen LogP contribution in [0.4, 0.5) is 13.2 Å². The molecule has 0 saturated heterocycles. The van der Waals surface area contributed by atoms with Crippen molar-refractivity contribution in [3.63, 3.8) is 0 Å². The summed E-state index contributed by atoms with van der Waals surface area (Å²) in [6.07, 6.45) is -2.73. The molecule has 0 bridgehead atoms. The summed E-state index contributed by atoms with van der Waals surface area (Å²) in [6.45, 7) is 2.60. The first-order valence-corrected chi connectivity index (χ1v) is 5.20. The second-order valence-electron chi connectivity index (χ2n) is 3.65. The van der Waals surface area contributed by atoms with Crippen LogP contribution in [0.15, 0.2) is 12.4 Å². The fourth-order valence-corrected chi connectivity index (χ4v) is 1.48. The first-order chi connectivity index (χ1) is 7.44. The number of alkyl halides is 3. The average molecular weight is 236 g/mol. The van der Waals surface area contributed by atoms with E-state index in [1.54, 1.807) is 10.8 Å². The van der Waals surface area contributed by atoms with Gasteiger partial charge in [0.15, 0.2) is 0 Å². The summed E-state index contributed by atoms with van der Waals surface area (Å²) in [5.41, 5.74) is 0. The van der Waals surface area contributed by atoms with Crippen LogP contribution in [0, 0.1) is 0 Å². The number of aliphatic hydroxyl groups excluding tert-OH is 1.